The Labute approximate surface area is 112 Å². The van der Waals surface area contributed by atoms with E-state index >= 15 is 0 Å². The molecule has 1 aromatic heterocycles. The third kappa shape index (κ3) is 2.76. The summed E-state index contributed by atoms with van der Waals surface area (Å²) in [5, 5.41) is 7.52. The van der Waals surface area contributed by atoms with Crippen molar-refractivity contribution < 1.29 is 4.39 Å². The molecule has 0 saturated carbocycles. The number of rotatable bonds is 5. The van der Waals surface area contributed by atoms with Crippen LogP contribution in [0.15, 0.2) is 30.5 Å². The molecule has 102 valence electrons. The van der Waals surface area contributed by atoms with Gasteiger partial charge in [0.25, 0.3) is 0 Å². The third-order valence-electron chi connectivity index (χ3n) is 2.89. The molecule has 0 fully saturated rings. The van der Waals surface area contributed by atoms with Gasteiger partial charge in [0, 0.05) is 13.1 Å². The first-order valence-electron chi connectivity index (χ1n) is 6.42. The van der Waals surface area contributed by atoms with Gasteiger partial charge in [-0.25, -0.2) is 9.07 Å². The maximum atomic E-state index is 13.9. The Morgan fingerprint density at radius 3 is 2.74 bits per heavy atom. The topological polar surface area (TPSA) is 55.9 Å². The van der Waals surface area contributed by atoms with E-state index in [0.29, 0.717) is 18.8 Å². The van der Waals surface area contributed by atoms with Crippen molar-refractivity contribution in [2.75, 3.05) is 18.4 Å². The number of halogens is 1. The maximum Gasteiger partial charge on any atom is 0.148 e. The molecule has 0 aliphatic carbocycles. The van der Waals surface area contributed by atoms with Gasteiger partial charge >= 0.3 is 0 Å². The third-order valence-corrected chi connectivity index (χ3v) is 2.89. The predicted octanol–water partition coefficient (Wildman–Crippen LogP) is 2.51. The van der Waals surface area contributed by atoms with Crippen molar-refractivity contribution in [3.8, 4) is 5.69 Å². The van der Waals surface area contributed by atoms with Gasteiger partial charge in [0.2, 0.25) is 0 Å². The summed E-state index contributed by atoms with van der Waals surface area (Å²) in [5.41, 5.74) is 7.82. The fraction of sp³-hybridized carbons (Fsp3) is 0.357. The highest BCUT2D eigenvalue weighted by Gasteiger charge is 2.17. The number of para-hydroxylation sites is 1. The summed E-state index contributed by atoms with van der Waals surface area (Å²) in [5.74, 6) is -0.0553. The molecular weight excluding hydrogens is 243 g/mol. The molecule has 1 heterocycles. The van der Waals surface area contributed by atoms with Crippen LogP contribution in [-0.2, 0) is 0 Å². The van der Waals surface area contributed by atoms with Gasteiger partial charge in [-0.1, -0.05) is 26.0 Å². The lowest BCUT2D eigenvalue weighted by atomic mass is 10.1. The van der Waals surface area contributed by atoms with E-state index in [1.165, 1.54) is 6.07 Å². The summed E-state index contributed by atoms with van der Waals surface area (Å²) < 4.78 is 15.5. The first kappa shape index (κ1) is 13.5. The molecule has 0 radical (unpaired) electrons. The van der Waals surface area contributed by atoms with Crippen molar-refractivity contribution in [1.82, 2.24) is 9.78 Å². The number of hydrogen-bond donors (Lipinski definition) is 2. The Morgan fingerprint density at radius 2 is 2.11 bits per heavy atom. The fourth-order valence-corrected chi connectivity index (χ4v) is 2.07. The Balaban J connectivity index is 2.46. The normalized spacial score (nSPS) is 11.0. The van der Waals surface area contributed by atoms with Gasteiger partial charge in [0.05, 0.1) is 17.6 Å². The molecule has 0 unspecified atom stereocenters. The summed E-state index contributed by atoms with van der Waals surface area (Å²) in [6, 6.07) is 6.64. The molecule has 0 atom stereocenters. The number of hydrogen-bond acceptors (Lipinski definition) is 3. The Hall–Kier alpha value is -1.88. The number of anilines is 1. The van der Waals surface area contributed by atoms with Crippen LogP contribution in [0.25, 0.3) is 5.69 Å². The zero-order valence-corrected chi connectivity index (χ0v) is 11.2. The minimum Gasteiger partial charge on any atom is -0.381 e. The number of benzene rings is 1. The highest BCUT2D eigenvalue weighted by Crippen LogP contribution is 2.27. The number of nitrogens with zero attached hydrogens (tertiary/aromatic N) is 2. The van der Waals surface area contributed by atoms with Crippen LogP contribution in [-0.4, -0.2) is 22.9 Å². The van der Waals surface area contributed by atoms with Crippen LogP contribution in [0, 0.1) is 5.82 Å². The van der Waals surface area contributed by atoms with E-state index in [-0.39, 0.29) is 11.7 Å². The number of nitrogens with one attached hydrogen (secondary N) is 1. The molecule has 0 amide bonds. The molecule has 0 aliphatic rings. The summed E-state index contributed by atoms with van der Waals surface area (Å²) in [7, 11) is 0. The lowest BCUT2D eigenvalue weighted by Crippen LogP contribution is -2.14. The van der Waals surface area contributed by atoms with E-state index in [0.717, 1.165) is 11.4 Å². The first-order valence-corrected chi connectivity index (χ1v) is 6.42. The van der Waals surface area contributed by atoms with Gasteiger partial charge in [-0.2, -0.15) is 5.10 Å². The first-order chi connectivity index (χ1) is 9.15. The Bertz CT molecular complexity index is 548. The Morgan fingerprint density at radius 1 is 1.37 bits per heavy atom. The van der Waals surface area contributed by atoms with Crippen LogP contribution in [0.4, 0.5) is 10.1 Å². The van der Waals surface area contributed by atoms with Crippen molar-refractivity contribution in [3.63, 3.8) is 0 Å². The highest BCUT2D eigenvalue weighted by atomic mass is 19.1. The van der Waals surface area contributed by atoms with Gasteiger partial charge in [-0.05, 0) is 18.1 Å². The van der Waals surface area contributed by atoms with Gasteiger partial charge in [0.1, 0.15) is 11.5 Å². The van der Waals surface area contributed by atoms with E-state index in [1.807, 2.05) is 0 Å². The largest absolute Gasteiger partial charge is 0.381 e. The van der Waals surface area contributed by atoms with Crippen LogP contribution in [0.3, 0.4) is 0 Å². The highest BCUT2D eigenvalue weighted by molar-refractivity contribution is 5.51. The lowest BCUT2D eigenvalue weighted by Gasteiger charge is -2.14. The van der Waals surface area contributed by atoms with Crippen LogP contribution >= 0.6 is 0 Å². The van der Waals surface area contributed by atoms with Crippen molar-refractivity contribution in [2.45, 2.75) is 19.8 Å². The number of nitrogens with two attached hydrogens (primary N) is 1. The molecule has 4 nitrogen and oxygen atoms in total. The summed E-state index contributed by atoms with van der Waals surface area (Å²) in [4.78, 5) is 0. The van der Waals surface area contributed by atoms with E-state index in [1.54, 1.807) is 29.1 Å². The van der Waals surface area contributed by atoms with E-state index < -0.39 is 0 Å². The van der Waals surface area contributed by atoms with E-state index in [4.69, 9.17) is 5.73 Å². The SMILES string of the molecule is CC(C)c1c(NCCN)cnn1-c1ccccc1F. The van der Waals surface area contributed by atoms with Gasteiger partial charge in [-0.3, -0.25) is 0 Å². The molecule has 0 bridgehead atoms. The summed E-state index contributed by atoms with van der Waals surface area (Å²) in [6.07, 6.45) is 1.72. The van der Waals surface area contributed by atoms with Crippen molar-refractivity contribution in [2.24, 2.45) is 5.73 Å². The maximum absolute atomic E-state index is 13.9. The molecule has 0 spiro atoms. The fourth-order valence-electron chi connectivity index (χ4n) is 2.07. The monoisotopic (exact) mass is 262 g/mol. The minimum atomic E-state index is -0.280. The second-order valence-corrected chi connectivity index (χ2v) is 4.68. The molecule has 0 saturated heterocycles. The van der Waals surface area contributed by atoms with Crippen molar-refractivity contribution >= 4 is 5.69 Å². The minimum absolute atomic E-state index is 0.224. The molecule has 0 aliphatic heterocycles. The average molecular weight is 262 g/mol. The molecular formula is C14H19FN4. The van der Waals surface area contributed by atoms with Crippen LogP contribution in [0.1, 0.15) is 25.5 Å². The lowest BCUT2D eigenvalue weighted by molar-refractivity contribution is 0.602. The standard InChI is InChI=1S/C14H19FN4/c1-10(2)14-12(17-8-7-16)9-18-19(14)13-6-4-3-5-11(13)15/h3-6,9-10,17H,7-8,16H2,1-2H3. The second-order valence-electron chi connectivity index (χ2n) is 4.68. The molecule has 5 heteroatoms. The average Bonchev–Trinajstić information content (AvgIpc) is 2.80. The molecule has 2 aromatic rings. The van der Waals surface area contributed by atoms with Crippen molar-refractivity contribution in [3.05, 3.63) is 42.0 Å². The zero-order valence-electron chi connectivity index (χ0n) is 11.2. The predicted molar refractivity (Wildman–Crippen MR) is 75.2 cm³/mol. The van der Waals surface area contributed by atoms with Crippen LogP contribution < -0.4 is 11.1 Å². The zero-order chi connectivity index (χ0) is 13.8. The van der Waals surface area contributed by atoms with Crippen LogP contribution in [0.2, 0.25) is 0 Å². The Kier molecular flexibility index (Phi) is 4.16. The quantitative estimate of drug-likeness (QED) is 0.870. The molecule has 19 heavy (non-hydrogen) atoms. The van der Waals surface area contributed by atoms with Gasteiger partial charge in [0.15, 0.2) is 0 Å². The van der Waals surface area contributed by atoms with Gasteiger partial charge < -0.3 is 11.1 Å². The second kappa shape index (κ2) is 5.84. The molecule has 2 rings (SSSR count). The molecule has 1 aromatic carbocycles. The number of aromatic nitrogens is 2. The van der Waals surface area contributed by atoms with E-state index in [2.05, 4.69) is 24.3 Å². The van der Waals surface area contributed by atoms with Gasteiger partial charge in [-0.15, -0.1) is 0 Å². The summed E-state index contributed by atoms with van der Waals surface area (Å²) in [6.45, 7) is 5.33. The molecule has 3 N–H and O–H groups in total. The van der Waals surface area contributed by atoms with Crippen molar-refractivity contribution in [1.29, 1.82) is 0 Å². The van der Waals surface area contributed by atoms with Crippen LogP contribution in [0.5, 0.6) is 0 Å². The smallest absolute Gasteiger partial charge is 0.148 e. The van der Waals surface area contributed by atoms with E-state index in [9.17, 15) is 4.39 Å². The summed E-state index contributed by atoms with van der Waals surface area (Å²) >= 11 is 0.